The van der Waals surface area contributed by atoms with Crippen LogP contribution in [0, 0.1) is 0 Å². The first-order valence-electron chi connectivity index (χ1n) is 9.00. The normalized spacial score (nSPS) is 11.7. The number of nitrogens with one attached hydrogen (secondary N) is 1. The van der Waals surface area contributed by atoms with Crippen LogP contribution in [-0.2, 0) is 11.4 Å². The quantitative estimate of drug-likeness (QED) is 0.410. The van der Waals surface area contributed by atoms with E-state index in [2.05, 4.69) is 15.5 Å². The first-order chi connectivity index (χ1) is 14.1. The third-order valence-corrected chi connectivity index (χ3v) is 5.10. The number of thioether (sulfide) groups is 1. The van der Waals surface area contributed by atoms with E-state index >= 15 is 0 Å². The molecule has 0 fully saturated rings. The van der Waals surface area contributed by atoms with Gasteiger partial charge in [-0.1, -0.05) is 48.2 Å². The topological polar surface area (TPSA) is 104 Å². The zero-order chi connectivity index (χ0) is 20.6. The molecule has 0 bridgehead atoms. The number of amides is 1. The number of carbonyl (C=O) groups is 1. The van der Waals surface area contributed by atoms with Crippen LogP contribution in [0.5, 0.6) is 11.5 Å². The Balaban J connectivity index is 1.50. The summed E-state index contributed by atoms with van der Waals surface area (Å²) in [5.74, 6) is 7.90. The van der Waals surface area contributed by atoms with Crippen LogP contribution in [0.3, 0.4) is 0 Å². The Morgan fingerprint density at radius 2 is 1.93 bits per heavy atom. The number of nitrogen functional groups attached to an aromatic ring is 1. The molecule has 1 amide bonds. The van der Waals surface area contributed by atoms with E-state index in [-0.39, 0.29) is 24.3 Å². The Kier molecular flexibility index (Phi) is 6.96. The minimum absolute atomic E-state index is 0.0770. The van der Waals surface area contributed by atoms with Gasteiger partial charge in [-0.05, 0) is 24.6 Å². The standard InChI is InChI=1S/C20H23N5O3S/c1-14(15-7-4-3-5-8-15)22-19(26)13-29-20-24-23-18(25(20)21)12-28-17-10-6-9-16(11-17)27-2/h3-11,14H,12-13,21H2,1-2H3,(H,22,26)/t14-/m1/s1. The number of carbonyl (C=O) groups excluding carboxylic acids is 1. The lowest BCUT2D eigenvalue weighted by atomic mass is 10.1. The van der Waals surface area contributed by atoms with Gasteiger partial charge in [-0.15, -0.1) is 10.2 Å². The highest BCUT2D eigenvalue weighted by atomic mass is 32.2. The van der Waals surface area contributed by atoms with E-state index in [4.69, 9.17) is 15.3 Å². The van der Waals surface area contributed by atoms with Crippen molar-refractivity contribution < 1.29 is 14.3 Å². The van der Waals surface area contributed by atoms with Crippen LogP contribution in [0.2, 0.25) is 0 Å². The van der Waals surface area contributed by atoms with Gasteiger partial charge >= 0.3 is 0 Å². The van der Waals surface area contributed by atoms with E-state index in [1.54, 1.807) is 13.2 Å². The van der Waals surface area contributed by atoms with Crippen LogP contribution < -0.4 is 20.6 Å². The molecule has 152 valence electrons. The van der Waals surface area contributed by atoms with Gasteiger partial charge in [0.15, 0.2) is 5.82 Å². The van der Waals surface area contributed by atoms with Crippen molar-refractivity contribution in [1.82, 2.24) is 20.2 Å². The second-order valence-electron chi connectivity index (χ2n) is 6.23. The predicted octanol–water partition coefficient (Wildman–Crippen LogP) is 2.55. The third-order valence-electron chi connectivity index (χ3n) is 4.15. The molecule has 1 atom stereocenters. The van der Waals surface area contributed by atoms with Crippen molar-refractivity contribution in [2.24, 2.45) is 0 Å². The lowest BCUT2D eigenvalue weighted by Crippen LogP contribution is -2.28. The fourth-order valence-electron chi connectivity index (χ4n) is 2.58. The van der Waals surface area contributed by atoms with Crippen LogP contribution in [0.4, 0.5) is 0 Å². The lowest BCUT2D eigenvalue weighted by molar-refractivity contribution is -0.119. The number of nitrogens with two attached hydrogens (primary N) is 1. The number of rotatable bonds is 9. The summed E-state index contributed by atoms with van der Waals surface area (Å²) in [6, 6.07) is 16.9. The Labute approximate surface area is 173 Å². The van der Waals surface area contributed by atoms with E-state index < -0.39 is 0 Å². The van der Waals surface area contributed by atoms with Gasteiger partial charge in [0, 0.05) is 6.07 Å². The molecule has 29 heavy (non-hydrogen) atoms. The molecule has 3 rings (SSSR count). The zero-order valence-electron chi connectivity index (χ0n) is 16.2. The van der Waals surface area contributed by atoms with E-state index in [9.17, 15) is 4.79 Å². The number of hydrogen-bond acceptors (Lipinski definition) is 7. The first-order valence-corrected chi connectivity index (χ1v) is 9.98. The van der Waals surface area contributed by atoms with Gasteiger partial charge in [-0.25, -0.2) is 4.68 Å². The SMILES string of the molecule is COc1cccc(OCc2nnc(SCC(=O)N[C@H](C)c3ccccc3)n2N)c1. The van der Waals surface area contributed by atoms with Crippen LogP contribution in [0.1, 0.15) is 24.4 Å². The van der Waals surface area contributed by atoms with Crippen molar-refractivity contribution in [2.75, 3.05) is 18.7 Å². The molecule has 3 aromatic rings. The molecule has 0 radical (unpaired) electrons. The summed E-state index contributed by atoms with van der Waals surface area (Å²) in [5.41, 5.74) is 1.05. The molecular weight excluding hydrogens is 390 g/mol. The monoisotopic (exact) mass is 413 g/mol. The van der Waals surface area contributed by atoms with Crippen molar-refractivity contribution in [2.45, 2.75) is 24.7 Å². The lowest BCUT2D eigenvalue weighted by Gasteiger charge is -2.13. The molecule has 0 saturated heterocycles. The number of aromatic nitrogens is 3. The second-order valence-corrected chi connectivity index (χ2v) is 7.17. The van der Waals surface area contributed by atoms with Gasteiger partial charge in [0.25, 0.3) is 0 Å². The average molecular weight is 414 g/mol. The van der Waals surface area contributed by atoms with E-state index in [0.717, 1.165) is 5.56 Å². The second kappa shape index (κ2) is 9.83. The van der Waals surface area contributed by atoms with Gasteiger partial charge in [-0.2, -0.15) is 0 Å². The highest BCUT2D eigenvalue weighted by Gasteiger charge is 2.14. The summed E-state index contributed by atoms with van der Waals surface area (Å²) < 4.78 is 12.2. The highest BCUT2D eigenvalue weighted by Crippen LogP contribution is 2.21. The Bertz CT molecular complexity index is 948. The van der Waals surface area contributed by atoms with E-state index in [0.29, 0.717) is 22.5 Å². The van der Waals surface area contributed by atoms with Gasteiger partial charge in [0.2, 0.25) is 11.1 Å². The maximum absolute atomic E-state index is 12.2. The van der Waals surface area contributed by atoms with Crippen molar-refractivity contribution in [3.05, 3.63) is 66.0 Å². The van der Waals surface area contributed by atoms with E-state index in [1.807, 2.05) is 55.5 Å². The number of nitrogens with zero attached hydrogens (tertiary/aromatic N) is 3. The molecular formula is C20H23N5O3S. The van der Waals surface area contributed by atoms with Crippen molar-refractivity contribution >= 4 is 17.7 Å². The largest absolute Gasteiger partial charge is 0.497 e. The molecule has 0 aliphatic carbocycles. The molecule has 0 spiro atoms. The molecule has 1 heterocycles. The van der Waals surface area contributed by atoms with Gasteiger partial charge in [-0.3, -0.25) is 4.79 Å². The number of methoxy groups -OCH3 is 1. The summed E-state index contributed by atoms with van der Waals surface area (Å²) in [4.78, 5) is 12.2. The van der Waals surface area contributed by atoms with Crippen molar-refractivity contribution in [3.8, 4) is 11.5 Å². The molecule has 3 N–H and O–H groups in total. The van der Waals surface area contributed by atoms with Crippen LogP contribution >= 0.6 is 11.8 Å². The number of hydrogen-bond donors (Lipinski definition) is 2. The van der Waals surface area contributed by atoms with Gasteiger partial charge in [0.1, 0.15) is 18.1 Å². The Hall–Kier alpha value is -3.20. The minimum Gasteiger partial charge on any atom is -0.497 e. The molecule has 0 saturated carbocycles. The fraction of sp³-hybridized carbons (Fsp3) is 0.250. The minimum atomic E-state index is -0.108. The summed E-state index contributed by atoms with van der Waals surface area (Å²) >= 11 is 1.22. The van der Waals surface area contributed by atoms with E-state index in [1.165, 1.54) is 16.4 Å². The molecule has 9 heteroatoms. The third kappa shape index (κ3) is 5.64. The Morgan fingerprint density at radius 1 is 1.17 bits per heavy atom. The Morgan fingerprint density at radius 3 is 2.69 bits per heavy atom. The smallest absolute Gasteiger partial charge is 0.230 e. The van der Waals surface area contributed by atoms with Crippen LogP contribution in [0.15, 0.2) is 59.8 Å². The molecule has 0 unspecified atom stereocenters. The maximum Gasteiger partial charge on any atom is 0.230 e. The number of benzene rings is 2. The maximum atomic E-state index is 12.2. The number of ether oxygens (including phenoxy) is 2. The highest BCUT2D eigenvalue weighted by molar-refractivity contribution is 7.99. The molecule has 0 aliphatic rings. The summed E-state index contributed by atoms with van der Waals surface area (Å²) in [6.07, 6.45) is 0. The zero-order valence-corrected chi connectivity index (χ0v) is 17.1. The van der Waals surface area contributed by atoms with Crippen molar-refractivity contribution in [3.63, 3.8) is 0 Å². The van der Waals surface area contributed by atoms with Gasteiger partial charge in [0.05, 0.1) is 18.9 Å². The predicted molar refractivity (Wildman–Crippen MR) is 111 cm³/mol. The average Bonchev–Trinajstić information content (AvgIpc) is 3.11. The molecule has 0 aliphatic heterocycles. The van der Waals surface area contributed by atoms with Crippen molar-refractivity contribution in [1.29, 1.82) is 0 Å². The van der Waals surface area contributed by atoms with Gasteiger partial charge < -0.3 is 20.6 Å². The molecule has 8 nitrogen and oxygen atoms in total. The fourth-order valence-corrected chi connectivity index (χ4v) is 3.27. The van der Waals surface area contributed by atoms with Crippen LogP contribution in [0.25, 0.3) is 0 Å². The molecule has 2 aromatic carbocycles. The van der Waals surface area contributed by atoms with Crippen LogP contribution in [-0.4, -0.2) is 33.6 Å². The molecule has 1 aromatic heterocycles. The summed E-state index contributed by atoms with van der Waals surface area (Å²) in [6.45, 7) is 2.09. The first kappa shape index (κ1) is 20.5. The summed E-state index contributed by atoms with van der Waals surface area (Å²) in [5, 5.41) is 11.5. The summed E-state index contributed by atoms with van der Waals surface area (Å²) in [7, 11) is 1.59.